The second kappa shape index (κ2) is 8.82. The minimum atomic E-state index is -4.57. The minimum Gasteiger partial charge on any atom is -0.491 e. The Morgan fingerprint density at radius 2 is 1.91 bits per heavy atom. The normalized spacial score (nSPS) is 13.0. The van der Waals surface area contributed by atoms with Crippen molar-refractivity contribution in [3.63, 3.8) is 0 Å². The van der Waals surface area contributed by atoms with Crippen molar-refractivity contribution in [3.05, 3.63) is 29.8 Å². The van der Waals surface area contributed by atoms with Crippen molar-refractivity contribution in [2.24, 2.45) is 5.73 Å². The molecule has 1 atom stereocenters. The van der Waals surface area contributed by atoms with E-state index in [9.17, 15) is 13.2 Å². The molecule has 0 spiro atoms. The van der Waals surface area contributed by atoms with Crippen LogP contribution in [-0.2, 0) is 25.8 Å². The molecule has 0 heterocycles. The minimum absolute atomic E-state index is 0.0747. The van der Waals surface area contributed by atoms with Gasteiger partial charge in [0.2, 0.25) is 5.91 Å². The molecule has 0 aromatic heterocycles. The van der Waals surface area contributed by atoms with Crippen LogP contribution in [0.25, 0.3) is 0 Å². The lowest BCUT2D eigenvalue weighted by Gasteiger charge is -2.18. The molecule has 9 heteroatoms. The summed E-state index contributed by atoms with van der Waals surface area (Å²) in [6.45, 7) is 3.90. The highest BCUT2D eigenvalue weighted by Crippen LogP contribution is 2.13. The molecule has 0 aliphatic heterocycles. The summed E-state index contributed by atoms with van der Waals surface area (Å²) < 4.78 is 40.5. The van der Waals surface area contributed by atoms with E-state index in [1.807, 2.05) is 13.8 Å². The molecule has 0 saturated heterocycles. The van der Waals surface area contributed by atoms with Gasteiger partial charge in [0.05, 0.1) is 6.42 Å². The average molecular weight is 346 g/mol. The smallest absolute Gasteiger partial charge is 0.397 e. The summed E-state index contributed by atoms with van der Waals surface area (Å²) in [4.78, 5) is 10.8. The fraction of sp³-hybridized carbons (Fsp3) is 0.500. The van der Waals surface area contributed by atoms with Crippen LogP contribution in [0.4, 0.5) is 0 Å². The fourth-order valence-electron chi connectivity index (χ4n) is 1.75. The highest BCUT2D eigenvalue weighted by Gasteiger charge is 2.18. The number of ether oxygens (including phenoxy) is 1. The van der Waals surface area contributed by atoms with Crippen molar-refractivity contribution in [1.29, 1.82) is 0 Å². The van der Waals surface area contributed by atoms with Crippen molar-refractivity contribution in [2.45, 2.75) is 32.4 Å². The summed E-state index contributed by atoms with van der Waals surface area (Å²) in [5.41, 5.74) is 5.85. The van der Waals surface area contributed by atoms with Crippen LogP contribution in [0.2, 0.25) is 0 Å². The zero-order valence-electron chi connectivity index (χ0n) is 13.1. The quantitative estimate of drug-likeness (QED) is 0.519. The lowest BCUT2D eigenvalue weighted by atomic mass is 10.1. The maximum Gasteiger partial charge on any atom is 0.397 e. The topological polar surface area (TPSA) is 128 Å². The standard InChI is InChI=1S/C14H22N2O6S/c1-10(2)16-8-13(22-23(18,19)20)9-21-12-5-3-11(4-6-12)7-14(15)17/h3-6,10,13,16H,7-9H2,1-2H3,(H2,15,17)(H,18,19,20). The van der Waals surface area contributed by atoms with Gasteiger partial charge >= 0.3 is 10.4 Å². The van der Waals surface area contributed by atoms with Gasteiger partial charge in [-0.3, -0.25) is 9.35 Å². The van der Waals surface area contributed by atoms with Gasteiger partial charge in [0.25, 0.3) is 0 Å². The molecule has 1 rings (SSSR count). The van der Waals surface area contributed by atoms with Gasteiger partial charge < -0.3 is 15.8 Å². The molecule has 0 aliphatic carbocycles. The lowest BCUT2D eigenvalue weighted by Crippen LogP contribution is -2.38. The van der Waals surface area contributed by atoms with E-state index in [0.29, 0.717) is 5.75 Å². The molecule has 1 amide bonds. The van der Waals surface area contributed by atoms with E-state index in [1.54, 1.807) is 24.3 Å². The molecule has 4 N–H and O–H groups in total. The Morgan fingerprint density at radius 3 is 2.39 bits per heavy atom. The molecule has 0 saturated carbocycles. The molecule has 130 valence electrons. The number of carbonyl (C=O) groups is 1. The van der Waals surface area contributed by atoms with Crippen molar-refractivity contribution in [2.75, 3.05) is 13.2 Å². The molecular weight excluding hydrogens is 324 g/mol. The van der Waals surface area contributed by atoms with Crippen LogP contribution in [-0.4, -0.2) is 44.2 Å². The first kappa shape index (κ1) is 19.4. The number of nitrogens with two attached hydrogens (primary N) is 1. The predicted molar refractivity (Wildman–Crippen MR) is 84.4 cm³/mol. The van der Waals surface area contributed by atoms with Gasteiger partial charge in [-0.15, -0.1) is 0 Å². The maximum absolute atomic E-state index is 10.9. The van der Waals surface area contributed by atoms with Gasteiger partial charge in [-0.05, 0) is 17.7 Å². The fourth-order valence-corrected chi connectivity index (χ4v) is 2.22. The molecule has 23 heavy (non-hydrogen) atoms. The van der Waals surface area contributed by atoms with E-state index in [1.165, 1.54) is 0 Å². The molecule has 0 bridgehead atoms. The van der Waals surface area contributed by atoms with Crippen LogP contribution >= 0.6 is 0 Å². The van der Waals surface area contributed by atoms with Crippen LogP contribution in [0.15, 0.2) is 24.3 Å². The van der Waals surface area contributed by atoms with E-state index < -0.39 is 22.4 Å². The number of benzene rings is 1. The van der Waals surface area contributed by atoms with Crippen LogP contribution in [0, 0.1) is 0 Å². The van der Waals surface area contributed by atoms with Crippen molar-refractivity contribution >= 4 is 16.3 Å². The van der Waals surface area contributed by atoms with E-state index in [0.717, 1.165) is 5.56 Å². The Labute approximate surface area is 135 Å². The summed E-state index contributed by atoms with van der Waals surface area (Å²) in [6, 6.07) is 6.77. The molecule has 1 unspecified atom stereocenters. The third kappa shape index (κ3) is 9.14. The number of amides is 1. The molecule has 0 fully saturated rings. The summed E-state index contributed by atoms with van der Waals surface area (Å²) in [5.74, 6) is 0.0479. The first-order chi connectivity index (χ1) is 10.7. The summed E-state index contributed by atoms with van der Waals surface area (Å²) >= 11 is 0. The van der Waals surface area contributed by atoms with Crippen LogP contribution in [0.1, 0.15) is 19.4 Å². The number of nitrogens with one attached hydrogen (secondary N) is 1. The van der Waals surface area contributed by atoms with E-state index in [-0.39, 0.29) is 25.6 Å². The SMILES string of the molecule is CC(C)NCC(COc1ccc(CC(N)=O)cc1)OS(=O)(=O)O. The zero-order chi connectivity index (χ0) is 17.5. The summed E-state index contributed by atoms with van der Waals surface area (Å²) in [6.07, 6.45) is -0.745. The largest absolute Gasteiger partial charge is 0.491 e. The Hall–Kier alpha value is -1.68. The summed E-state index contributed by atoms with van der Waals surface area (Å²) in [7, 11) is -4.57. The van der Waals surface area contributed by atoms with E-state index >= 15 is 0 Å². The Balaban J connectivity index is 2.60. The monoisotopic (exact) mass is 346 g/mol. The highest BCUT2D eigenvalue weighted by molar-refractivity contribution is 7.80. The summed E-state index contributed by atoms with van der Waals surface area (Å²) in [5, 5.41) is 3.00. The first-order valence-electron chi connectivity index (χ1n) is 7.05. The Kier molecular flexibility index (Phi) is 7.43. The van der Waals surface area contributed by atoms with Crippen molar-refractivity contribution in [1.82, 2.24) is 5.32 Å². The van der Waals surface area contributed by atoms with Crippen molar-refractivity contribution in [3.8, 4) is 5.75 Å². The maximum atomic E-state index is 10.9. The van der Waals surface area contributed by atoms with Crippen molar-refractivity contribution < 1.29 is 26.7 Å². The average Bonchev–Trinajstić information content (AvgIpc) is 2.41. The van der Waals surface area contributed by atoms with Gasteiger partial charge in [-0.1, -0.05) is 26.0 Å². The third-order valence-corrected chi connectivity index (χ3v) is 3.26. The number of rotatable bonds is 10. The molecular formula is C14H22N2O6S. The van der Waals surface area contributed by atoms with Gasteiger partial charge in [-0.25, -0.2) is 4.18 Å². The number of hydrogen-bond donors (Lipinski definition) is 3. The van der Waals surface area contributed by atoms with E-state index in [2.05, 4.69) is 9.50 Å². The molecule has 8 nitrogen and oxygen atoms in total. The molecule has 0 aliphatic rings. The molecule has 0 radical (unpaired) electrons. The highest BCUT2D eigenvalue weighted by atomic mass is 32.3. The first-order valence-corrected chi connectivity index (χ1v) is 8.41. The lowest BCUT2D eigenvalue weighted by molar-refractivity contribution is -0.117. The molecule has 1 aromatic rings. The second-order valence-electron chi connectivity index (χ2n) is 5.31. The van der Waals surface area contributed by atoms with Crippen LogP contribution in [0.5, 0.6) is 5.75 Å². The van der Waals surface area contributed by atoms with Gasteiger partial charge in [0, 0.05) is 12.6 Å². The zero-order valence-corrected chi connectivity index (χ0v) is 13.9. The number of carbonyl (C=O) groups excluding carboxylic acids is 1. The van der Waals surface area contributed by atoms with Gasteiger partial charge in [0.1, 0.15) is 18.5 Å². The Morgan fingerprint density at radius 1 is 1.30 bits per heavy atom. The Bertz CT molecular complexity index is 600. The second-order valence-corrected chi connectivity index (χ2v) is 6.35. The van der Waals surface area contributed by atoms with Gasteiger partial charge in [0.15, 0.2) is 0 Å². The molecule has 1 aromatic carbocycles. The number of primary amides is 1. The van der Waals surface area contributed by atoms with Crippen LogP contribution in [0.3, 0.4) is 0 Å². The predicted octanol–water partition coefficient (Wildman–Crippen LogP) is 0.279. The number of hydrogen-bond acceptors (Lipinski definition) is 6. The van der Waals surface area contributed by atoms with Gasteiger partial charge in [-0.2, -0.15) is 8.42 Å². The third-order valence-electron chi connectivity index (χ3n) is 2.75. The van der Waals surface area contributed by atoms with Crippen LogP contribution < -0.4 is 15.8 Å². The van der Waals surface area contributed by atoms with E-state index in [4.69, 9.17) is 15.0 Å².